The Morgan fingerprint density at radius 2 is 1.96 bits per heavy atom. The molecule has 0 unspecified atom stereocenters. The third kappa shape index (κ3) is 3.19. The molecule has 0 aliphatic carbocycles. The lowest BCUT2D eigenvalue weighted by Gasteiger charge is -2.23. The van der Waals surface area contributed by atoms with E-state index in [-0.39, 0.29) is 11.7 Å². The van der Waals surface area contributed by atoms with Crippen LogP contribution in [0.4, 0.5) is 19.0 Å². The van der Waals surface area contributed by atoms with Gasteiger partial charge >= 0.3 is 6.18 Å². The topological polar surface area (TPSA) is 88.6 Å². The number of ether oxygens (including phenoxy) is 1. The van der Waals surface area contributed by atoms with Gasteiger partial charge in [0.2, 0.25) is 0 Å². The van der Waals surface area contributed by atoms with Crippen LogP contribution in [0, 0.1) is 0 Å². The summed E-state index contributed by atoms with van der Waals surface area (Å²) >= 11 is 0. The second kappa shape index (κ2) is 6.52. The summed E-state index contributed by atoms with van der Waals surface area (Å²) in [5.74, 6) is 0.560. The lowest BCUT2D eigenvalue weighted by Crippen LogP contribution is -2.28. The number of alkyl halides is 3. The van der Waals surface area contributed by atoms with Crippen molar-refractivity contribution in [3.05, 3.63) is 30.4 Å². The Balaban J connectivity index is 1.76. The summed E-state index contributed by atoms with van der Waals surface area (Å²) < 4.78 is 44.2. The van der Waals surface area contributed by atoms with E-state index >= 15 is 0 Å². The minimum Gasteiger partial charge on any atom is -0.381 e. The van der Waals surface area contributed by atoms with Gasteiger partial charge in [-0.3, -0.25) is 5.10 Å². The minimum absolute atomic E-state index is 0.0848. The highest BCUT2D eigenvalue weighted by Crippen LogP contribution is 2.33. The molecule has 3 aromatic heterocycles. The van der Waals surface area contributed by atoms with E-state index in [0.717, 1.165) is 25.2 Å². The summed E-state index contributed by atoms with van der Waals surface area (Å²) in [6, 6.07) is 2.79. The van der Waals surface area contributed by atoms with Gasteiger partial charge in [0.1, 0.15) is 23.5 Å². The summed E-state index contributed by atoms with van der Waals surface area (Å²) in [6.45, 7) is 1.32. The molecule has 1 fully saturated rings. The van der Waals surface area contributed by atoms with Crippen molar-refractivity contribution in [1.29, 1.82) is 0 Å². The lowest BCUT2D eigenvalue weighted by atomic mass is 10.1. The molecular weight excluding hydrogens is 349 g/mol. The number of hydrogen-bond acceptors (Lipinski definition) is 6. The molecule has 0 radical (unpaired) electrons. The first-order chi connectivity index (χ1) is 12.5. The fourth-order valence-corrected chi connectivity index (χ4v) is 2.94. The van der Waals surface area contributed by atoms with Crippen molar-refractivity contribution in [2.45, 2.75) is 25.1 Å². The van der Waals surface area contributed by atoms with Gasteiger partial charge < -0.3 is 10.1 Å². The minimum atomic E-state index is -4.55. The number of aromatic nitrogens is 5. The standard InChI is InChI=1S/C16H15F3N6O/c17-16(18,19)12-7-11(21-8-22-12)14-13-10(24-25-14)1-4-20-15(13)23-9-2-5-26-6-3-9/h1,4,7-9H,2-3,5-6H2,(H,20,23)(H,24,25). The molecule has 136 valence electrons. The first-order valence-electron chi connectivity index (χ1n) is 8.09. The first-order valence-corrected chi connectivity index (χ1v) is 8.09. The molecule has 0 atom stereocenters. The third-order valence-corrected chi connectivity index (χ3v) is 4.24. The van der Waals surface area contributed by atoms with Gasteiger partial charge in [0, 0.05) is 25.5 Å². The van der Waals surface area contributed by atoms with Gasteiger partial charge in [-0.05, 0) is 25.0 Å². The summed E-state index contributed by atoms with van der Waals surface area (Å²) in [4.78, 5) is 11.6. The first kappa shape index (κ1) is 16.7. The van der Waals surface area contributed by atoms with Crippen LogP contribution in [-0.4, -0.2) is 44.4 Å². The van der Waals surface area contributed by atoms with E-state index in [4.69, 9.17) is 4.74 Å². The van der Waals surface area contributed by atoms with E-state index in [2.05, 4.69) is 30.5 Å². The summed E-state index contributed by atoms with van der Waals surface area (Å²) in [5.41, 5.74) is 0.0374. The van der Waals surface area contributed by atoms with Gasteiger partial charge in [-0.25, -0.2) is 15.0 Å². The molecule has 0 amide bonds. The molecule has 1 aliphatic heterocycles. The van der Waals surface area contributed by atoms with Gasteiger partial charge in [0.15, 0.2) is 0 Å². The average Bonchev–Trinajstić information content (AvgIpc) is 3.07. The van der Waals surface area contributed by atoms with E-state index < -0.39 is 11.9 Å². The molecule has 7 nitrogen and oxygen atoms in total. The third-order valence-electron chi connectivity index (χ3n) is 4.24. The number of hydrogen-bond donors (Lipinski definition) is 2. The van der Waals surface area contributed by atoms with Gasteiger partial charge in [0.25, 0.3) is 0 Å². The van der Waals surface area contributed by atoms with E-state index in [1.54, 1.807) is 12.3 Å². The van der Waals surface area contributed by atoms with Crippen LogP contribution < -0.4 is 5.32 Å². The highest BCUT2D eigenvalue weighted by Gasteiger charge is 2.33. The normalized spacial score (nSPS) is 16.1. The number of halogens is 3. The molecule has 0 aromatic carbocycles. The highest BCUT2D eigenvalue weighted by molar-refractivity contribution is 5.99. The molecule has 4 rings (SSSR count). The molecule has 1 saturated heterocycles. The molecule has 0 saturated carbocycles. The van der Waals surface area contributed by atoms with Crippen molar-refractivity contribution in [3.63, 3.8) is 0 Å². The Morgan fingerprint density at radius 3 is 2.73 bits per heavy atom. The smallest absolute Gasteiger partial charge is 0.381 e. The van der Waals surface area contributed by atoms with Crippen LogP contribution in [0.25, 0.3) is 22.3 Å². The van der Waals surface area contributed by atoms with Crippen LogP contribution in [0.15, 0.2) is 24.7 Å². The monoisotopic (exact) mass is 364 g/mol. The van der Waals surface area contributed by atoms with Crippen LogP contribution in [0.3, 0.4) is 0 Å². The number of rotatable bonds is 3. The molecule has 26 heavy (non-hydrogen) atoms. The number of pyridine rings is 1. The molecular formula is C16H15F3N6O. The predicted octanol–water partition coefficient (Wildman–Crippen LogP) is 3.02. The molecule has 10 heteroatoms. The van der Waals surface area contributed by atoms with E-state index in [1.165, 1.54) is 0 Å². The Hall–Kier alpha value is -2.75. The van der Waals surface area contributed by atoms with E-state index in [9.17, 15) is 13.2 Å². The van der Waals surface area contributed by atoms with Crippen molar-refractivity contribution in [2.75, 3.05) is 18.5 Å². The number of anilines is 1. The maximum atomic E-state index is 13.0. The van der Waals surface area contributed by atoms with Crippen molar-refractivity contribution in [2.24, 2.45) is 0 Å². The fourth-order valence-electron chi connectivity index (χ4n) is 2.94. The Bertz CT molecular complexity index is 920. The Labute approximate surface area is 146 Å². The van der Waals surface area contributed by atoms with Crippen molar-refractivity contribution >= 4 is 16.7 Å². The molecule has 1 aliphatic rings. The van der Waals surface area contributed by atoms with Gasteiger partial charge in [-0.1, -0.05) is 0 Å². The molecule has 0 spiro atoms. The maximum absolute atomic E-state index is 13.0. The van der Waals surface area contributed by atoms with Crippen LogP contribution in [0.5, 0.6) is 0 Å². The van der Waals surface area contributed by atoms with Crippen LogP contribution in [0.2, 0.25) is 0 Å². The molecule has 2 N–H and O–H groups in total. The van der Waals surface area contributed by atoms with Crippen molar-refractivity contribution in [3.8, 4) is 11.4 Å². The maximum Gasteiger partial charge on any atom is 0.433 e. The zero-order valence-electron chi connectivity index (χ0n) is 13.5. The summed E-state index contributed by atoms with van der Waals surface area (Å²) in [7, 11) is 0. The quantitative estimate of drug-likeness (QED) is 0.743. The number of nitrogens with zero attached hydrogens (tertiary/aromatic N) is 4. The molecule has 4 heterocycles. The second-order valence-electron chi connectivity index (χ2n) is 5.97. The number of fused-ring (bicyclic) bond motifs is 1. The van der Waals surface area contributed by atoms with Gasteiger partial charge in [-0.2, -0.15) is 18.3 Å². The highest BCUT2D eigenvalue weighted by atomic mass is 19.4. The lowest BCUT2D eigenvalue weighted by molar-refractivity contribution is -0.141. The zero-order valence-corrected chi connectivity index (χ0v) is 13.5. The van der Waals surface area contributed by atoms with Crippen LogP contribution in [-0.2, 0) is 10.9 Å². The average molecular weight is 364 g/mol. The summed E-state index contributed by atoms with van der Waals surface area (Å²) in [5, 5.41) is 10.9. The zero-order chi connectivity index (χ0) is 18.1. The van der Waals surface area contributed by atoms with E-state index in [0.29, 0.717) is 35.6 Å². The number of aromatic amines is 1. The van der Waals surface area contributed by atoms with Crippen LogP contribution in [0.1, 0.15) is 18.5 Å². The fraction of sp³-hybridized carbons (Fsp3) is 0.375. The Kier molecular flexibility index (Phi) is 4.19. The second-order valence-corrected chi connectivity index (χ2v) is 5.97. The number of H-pyrrole nitrogens is 1. The van der Waals surface area contributed by atoms with Gasteiger partial charge in [-0.15, -0.1) is 0 Å². The Morgan fingerprint density at radius 1 is 1.15 bits per heavy atom. The number of nitrogens with one attached hydrogen (secondary N) is 2. The largest absolute Gasteiger partial charge is 0.433 e. The predicted molar refractivity (Wildman–Crippen MR) is 87.4 cm³/mol. The van der Waals surface area contributed by atoms with Crippen LogP contribution >= 0.6 is 0 Å². The van der Waals surface area contributed by atoms with E-state index in [1.807, 2.05) is 0 Å². The van der Waals surface area contributed by atoms with Crippen molar-refractivity contribution < 1.29 is 17.9 Å². The van der Waals surface area contributed by atoms with Gasteiger partial charge in [0.05, 0.1) is 16.6 Å². The van der Waals surface area contributed by atoms with Crippen molar-refractivity contribution in [1.82, 2.24) is 25.1 Å². The SMILES string of the molecule is FC(F)(F)c1cc(-c2n[nH]c3ccnc(NC4CCOCC4)c23)ncn1. The molecule has 0 bridgehead atoms. The summed E-state index contributed by atoms with van der Waals surface area (Å²) in [6.07, 6.45) is -0.382. The molecule has 3 aromatic rings.